The number of amides is 1. The van der Waals surface area contributed by atoms with Crippen molar-refractivity contribution in [2.24, 2.45) is 5.10 Å². The van der Waals surface area contributed by atoms with Crippen LogP contribution in [0.3, 0.4) is 0 Å². The SMILES string of the molecule is O=C(CSc1nc2ccccc2[nH]1)N/N=C\c1ccccc1F. The first-order chi connectivity index (χ1) is 11.2. The van der Waals surface area contributed by atoms with Gasteiger partial charge in [-0.1, -0.05) is 42.1 Å². The number of imidazole rings is 1. The molecule has 0 unspecified atom stereocenters. The molecule has 0 radical (unpaired) electrons. The predicted octanol–water partition coefficient (Wildman–Crippen LogP) is 2.94. The van der Waals surface area contributed by atoms with Gasteiger partial charge in [-0.3, -0.25) is 4.79 Å². The molecule has 3 aromatic rings. The summed E-state index contributed by atoms with van der Waals surface area (Å²) in [5.74, 6) is -0.515. The zero-order valence-corrected chi connectivity index (χ0v) is 12.8. The highest BCUT2D eigenvalue weighted by Crippen LogP contribution is 2.18. The Morgan fingerprint density at radius 3 is 2.87 bits per heavy atom. The summed E-state index contributed by atoms with van der Waals surface area (Å²) in [6, 6.07) is 13.8. The van der Waals surface area contributed by atoms with Gasteiger partial charge in [-0.2, -0.15) is 5.10 Å². The van der Waals surface area contributed by atoms with Crippen molar-refractivity contribution in [2.75, 3.05) is 5.75 Å². The van der Waals surface area contributed by atoms with E-state index in [1.54, 1.807) is 18.2 Å². The zero-order valence-electron chi connectivity index (χ0n) is 12.0. The van der Waals surface area contributed by atoms with Gasteiger partial charge in [0, 0.05) is 5.56 Å². The Morgan fingerprint density at radius 2 is 2.04 bits per heavy atom. The van der Waals surface area contributed by atoms with E-state index in [2.05, 4.69) is 20.5 Å². The number of fused-ring (bicyclic) bond motifs is 1. The van der Waals surface area contributed by atoms with Crippen LogP contribution in [0.2, 0.25) is 0 Å². The van der Waals surface area contributed by atoms with Gasteiger partial charge < -0.3 is 4.98 Å². The largest absolute Gasteiger partial charge is 0.333 e. The van der Waals surface area contributed by atoms with Gasteiger partial charge in [0.05, 0.1) is 23.0 Å². The van der Waals surface area contributed by atoms with Crippen molar-refractivity contribution in [2.45, 2.75) is 5.16 Å². The molecule has 0 bridgehead atoms. The molecule has 1 aromatic heterocycles. The van der Waals surface area contributed by atoms with Crippen molar-refractivity contribution in [3.8, 4) is 0 Å². The number of nitrogens with one attached hydrogen (secondary N) is 2. The number of carbonyl (C=O) groups excluding carboxylic acids is 1. The van der Waals surface area contributed by atoms with E-state index in [1.165, 1.54) is 24.0 Å². The maximum Gasteiger partial charge on any atom is 0.250 e. The topological polar surface area (TPSA) is 70.1 Å². The molecule has 0 aliphatic heterocycles. The number of hydrogen-bond donors (Lipinski definition) is 2. The number of para-hydroxylation sites is 2. The number of thioether (sulfide) groups is 1. The van der Waals surface area contributed by atoms with Gasteiger partial charge in [0.25, 0.3) is 5.91 Å². The summed E-state index contributed by atoms with van der Waals surface area (Å²) < 4.78 is 13.4. The molecule has 2 N–H and O–H groups in total. The van der Waals surface area contributed by atoms with E-state index in [4.69, 9.17) is 0 Å². The molecule has 0 atom stereocenters. The van der Waals surface area contributed by atoms with Crippen molar-refractivity contribution in [3.05, 3.63) is 59.9 Å². The second-order valence-corrected chi connectivity index (χ2v) is 5.63. The lowest BCUT2D eigenvalue weighted by Crippen LogP contribution is -2.19. The molecule has 0 aliphatic carbocycles. The molecule has 0 saturated carbocycles. The first-order valence-corrected chi connectivity index (χ1v) is 7.85. The minimum Gasteiger partial charge on any atom is -0.333 e. The fraction of sp³-hybridized carbons (Fsp3) is 0.0625. The van der Waals surface area contributed by atoms with E-state index < -0.39 is 0 Å². The normalized spacial score (nSPS) is 11.2. The van der Waals surface area contributed by atoms with Crippen LogP contribution in [0.1, 0.15) is 5.56 Å². The summed E-state index contributed by atoms with van der Waals surface area (Å²) >= 11 is 1.28. The lowest BCUT2D eigenvalue weighted by atomic mass is 10.2. The van der Waals surface area contributed by atoms with Gasteiger partial charge in [-0.25, -0.2) is 14.8 Å². The minimum atomic E-state index is -0.387. The molecule has 1 amide bonds. The van der Waals surface area contributed by atoms with Gasteiger partial charge in [0.1, 0.15) is 5.82 Å². The van der Waals surface area contributed by atoms with Crippen LogP contribution >= 0.6 is 11.8 Å². The Morgan fingerprint density at radius 1 is 1.26 bits per heavy atom. The lowest BCUT2D eigenvalue weighted by Gasteiger charge is -1.98. The highest BCUT2D eigenvalue weighted by Gasteiger charge is 2.06. The number of hydrazone groups is 1. The van der Waals surface area contributed by atoms with E-state index in [0.29, 0.717) is 10.7 Å². The predicted molar refractivity (Wildman–Crippen MR) is 89.0 cm³/mol. The first kappa shape index (κ1) is 15.2. The quantitative estimate of drug-likeness (QED) is 0.430. The summed E-state index contributed by atoms with van der Waals surface area (Å²) in [6.07, 6.45) is 1.28. The van der Waals surface area contributed by atoms with Crippen LogP contribution in [-0.2, 0) is 4.79 Å². The molecular weight excluding hydrogens is 315 g/mol. The van der Waals surface area contributed by atoms with Gasteiger partial charge in [0.15, 0.2) is 5.16 Å². The van der Waals surface area contributed by atoms with E-state index in [1.807, 2.05) is 24.3 Å². The van der Waals surface area contributed by atoms with Crippen molar-refractivity contribution in [3.63, 3.8) is 0 Å². The number of benzene rings is 2. The average molecular weight is 328 g/mol. The number of H-pyrrole nitrogens is 1. The molecule has 0 aliphatic rings. The summed E-state index contributed by atoms with van der Waals surface area (Å²) in [4.78, 5) is 19.2. The number of aromatic nitrogens is 2. The second kappa shape index (κ2) is 7.06. The van der Waals surface area contributed by atoms with Crippen molar-refractivity contribution in [1.29, 1.82) is 0 Å². The minimum absolute atomic E-state index is 0.161. The Labute approximate surface area is 136 Å². The van der Waals surface area contributed by atoms with E-state index in [0.717, 1.165) is 11.0 Å². The number of hydrogen-bond acceptors (Lipinski definition) is 4. The molecule has 23 heavy (non-hydrogen) atoms. The number of rotatable bonds is 5. The van der Waals surface area contributed by atoms with Gasteiger partial charge in [0.2, 0.25) is 0 Å². The first-order valence-electron chi connectivity index (χ1n) is 6.86. The third-order valence-electron chi connectivity index (χ3n) is 3.01. The van der Waals surface area contributed by atoms with Gasteiger partial charge in [-0.15, -0.1) is 0 Å². The molecule has 3 rings (SSSR count). The van der Waals surface area contributed by atoms with E-state index in [-0.39, 0.29) is 17.5 Å². The molecular formula is C16H13FN4OS. The van der Waals surface area contributed by atoms with E-state index >= 15 is 0 Å². The third kappa shape index (κ3) is 3.95. The van der Waals surface area contributed by atoms with Gasteiger partial charge >= 0.3 is 0 Å². The smallest absolute Gasteiger partial charge is 0.250 e. The molecule has 116 valence electrons. The highest BCUT2D eigenvalue weighted by atomic mass is 32.2. The maximum atomic E-state index is 13.4. The monoisotopic (exact) mass is 328 g/mol. The van der Waals surface area contributed by atoms with Crippen LogP contribution in [0.25, 0.3) is 11.0 Å². The standard InChI is InChI=1S/C16H13FN4OS/c17-12-6-2-1-5-11(12)9-18-21-15(22)10-23-16-19-13-7-3-4-8-14(13)20-16/h1-9H,10H2,(H,19,20)(H,21,22)/b18-9-. The summed E-state index contributed by atoms with van der Waals surface area (Å²) in [5.41, 5.74) is 4.46. The molecule has 0 saturated heterocycles. The number of nitrogens with zero attached hydrogens (tertiary/aromatic N) is 2. The number of aromatic amines is 1. The van der Waals surface area contributed by atoms with Crippen LogP contribution in [0, 0.1) is 5.82 Å². The number of halogens is 1. The molecule has 5 nitrogen and oxygen atoms in total. The number of carbonyl (C=O) groups is 1. The van der Waals surface area contributed by atoms with Crippen molar-refractivity contribution < 1.29 is 9.18 Å². The molecule has 7 heteroatoms. The summed E-state index contributed by atoms with van der Waals surface area (Å²) in [6.45, 7) is 0. The fourth-order valence-electron chi connectivity index (χ4n) is 1.92. The van der Waals surface area contributed by atoms with Crippen molar-refractivity contribution >= 4 is 34.9 Å². The van der Waals surface area contributed by atoms with Crippen LogP contribution in [-0.4, -0.2) is 27.8 Å². The van der Waals surface area contributed by atoms with Crippen LogP contribution in [0.4, 0.5) is 4.39 Å². The Bertz CT molecular complexity index is 829. The lowest BCUT2D eigenvalue weighted by molar-refractivity contribution is -0.118. The van der Waals surface area contributed by atoms with Crippen molar-refractivity contribution in [1.82, 2.24) is 15.4 Å². The van der Waals surface area contributed by atoms with Crippen LogP contribution in [0.15, 0.2) is 58.8 Å². The Hall–Kier alpha value is -2.67. The van der Waals surface area contributed by atoms with Gasteiger partial charge in [-0.05, 0) is 18.2 Å². The zero-order chi connectivity index (χ0) is 16.1. The van der Waals surface area contributed by atoms with E-state index in [9.17, 15) is 9.18 Å². The second-order valence-electron chi connectivity index (χ2n) is 4.66. The summed E-state index contributed by atoms with van der Waals surface area (Å²) in [7, 11) is 0. The third-order valence-corrected chi connectivity index (χ3v) is 3.88. The van der Waals surface area contributed by atoms with Crippen LogP contribution < -0.4 is 5.43 Å². The molecule has 1 heterocycles. The average Bonchev–Trinajstić information content (AvgIpc) is 2.98. The Kier molecular flexibility index (Phi) is 4.68. The molecule has 0 fully saturated rings. The Balaban J connectivity index is 1.52. The summed E-state index contributed by atoms with van der Waals surface area (Å²) in [5, 5.41) is 4.42. The molecule has 0 spiro atoms. The maximum absolute atomic E-state index is 13.4. The van der Waals surface area contributed by atoms with Crippen LogP contribution in [0.5, 0.6) is 0 Å². The molecule has 2 aromatic carbocycles. The fourth-order valence-corrected chi connectivity index (χ4v) is 2.59. The highest BCUT2D eigenvalue weighted by molar-refractivity contribution is 7.99.